The van der Waals surface area contributed by atoms with Crippen molar-refractivity contribution in [2.45, 2.75) is 0 Å². The van der Waals surface area contributed by atoms with Gasteiger partial charge in [0.2, 0.25) is 5.91 Å². The first-order valence-corrected chi connectivity index (χ1v) is 4.98. The Kier molecular flexibility index (Phi) is 5.38. The number of phenols is 1. The number of carbonyl (C=O) groups is 1. The molecule has 0 aromatic heterocycles. The molecule has 0 heterocycles. The third-order valence-electron chi connectivity index (χ3n) is 1.90. The van der Waals surface area contributed by atoms with Gasteiger partial charge in [-0.2, -0.15) is 0 Å². The van der Waals surface area contributed by atoms with Crippen LogP contribution in [-0.2, 0) is 14.3 Å². The number of halogens is 1. The fourth-order valence-corrected chi connectivity index (χ4v) is 1.09. The lowest BCUT2D eigenvalue weighted by atomic mass is 10.3. The molecule has 1 aromatic carbocycles. The number of ether oxygens (including phenoxy) is 2. The predicted octanol–water partition coefficient (Wildman–Crippen LogP) is 1.13. The molecule has 0 unspecified atom stereocenters. The minimum Gasteiger partial charge on any atom is -0.505 e. The van der Waals surface area contributed by atoms with Gasteiger partial charge in [-0.3, -0.25) is 4.79 Å². The fourth-order valence-electron chi connectivity index (χ4n) is 1.09. The highest BCUT2D eigenvalue weighted by atomic mass is 19.1. The summed E-state index contributed by atoms with van der Waals surface area (Å²) in [4.78, 5) is 11.3. The first kappa shape index (κ1) is 13.4. The molecule has 0 aliphatic carbocycles. The van der Waals surface area contributed by atoms with Gasteiger partial charge >= 0.3 is 0 Å². The Balaban J connectivity index is 2.37. The van der Waals surface area contributed by atoms with Gasteiger partial charge in [0.05, 0.1) is 13.2 Å². The first-order chi connectivity index (χ1) is 8.13. The highest BCUT2D eigenvalue weighted by Crippen LogP contribution is 2.19. The molecule has 17 heavy (non-hydrogen) atoms. The minimum atomic E-state index is -0.789. The van der Waals surface area contributed by atoms with Crippen LogP contribution in [0.2, 0.25) is 0 Å². The molecule has 0 aliphatic rings. The maximum absolute atomic E-state index is 12.9. The molecular weight excluding hydrogens is 229 g/mol. The normalized spacial score (nSPS) is 10.2. The van der Waals surface area contributed by atoms with E-state index in [1.54, 1.807) is 0 Å². The molecule has 94 valence electrons. The molecule has 0 spiro atoms. The summed E-state index contributed by atoms with van der Waals surface area (Å²) in [5.74, 6) is -1.64. The Morgan fingerprint density at radius 2 is 2.24 bits per heavy atom. The SMILES string of the molecule is COCCOCC(=O)Nc1ccc(O)c(F)c1. The second-order valence-electron chi connectivity index (χ2n) is 3.26. The van der Waals surface area contributed by atoms with Gasteiger partial charge in [-0.25, -0.2) is 4.39 Å². The van der Waals surface area contributed by atoms with Crippen molar-refractivity contribution in [3.05, 3.63) is 24.0 Å². The summed E-state index contributed by atoms with van der Waals surface area (Å²) in [7, 11) is 1.53. The van der Waals surface area contributed by atoms with Crippen molar-refractivity contribution >= 4 is 11.6 Å². The van der Waals surface area contributed by atoms with Crippen LogP contribution in [0.25, 0.3) is 0 Å². The van der Waals surface area contributed by atoms with Gasteiger partial charge in [0.15, 0.2) is 11.6 Å². The number of phenolic OH excluding ortho intramolecular Hbond substituents is 1. The second kappa shape index (κ2) is 6.82. The standard InChI is InChI=1S/C11H14FNO4/c1-16-4-5-17-7-11(15)13-8-2-3-10(14)9(12)6-8/h2-3,6,14H,4-5,7H2,1H3,(H,13,15). The summed E-state index contributed by atoms with van der Waals surface area (Å²) in [5.41, 5.74) is 0.264. The molecule has 5 nitrogen and oxygen atoms in total. The van der Waals surface area contributed by atoms with Gasteiger partial charge in [0, 0.05) is 18.9 Å². The molecule has 0 bridgehead atoms. The summed E-state index contributed by atoms with van der Waals surface area (Å²) in [6.07, 6.45) is 0. The molecule has 0 saturated heterocycles. The van der Waals surface area contributed by atoms with Gasteiger partial charge in [0.1, 0.15) is 6.61 Å². The highest BCUT2D eigenvalue weighted by molar-refractivity contribution is 5.91. The number of amides is 1. The average molecular weight is 243 g/mol. The highest BCUT2D eigenvalue weighted by Gasteiger charge is 2.05. The Hall–Kier alpha value is -1.66. The number of rotatable bonds is 6. The summed E-state index contributed by atoms with van der Waals surface area (Å²) >= 11 is 0. The van der Waals surface area contributed by atoms with Crippen molar-refractivity contribution in [1.29, 1.82) is 0 Å². The molecule has 0 atom stereocenters. The third kappa shape index (κ3) is 4.80. The van der Waals surface area contributed by atoms with Gasteiger partial charge in [-0.1, -0.05) is 0 Å². The molecule has 2 N–H and O–H groups in total. The number of nitrogens with one attached hydrogen (secondary N) is 1. The second-order valence-corrected chi connectivity index (χ2v) is 3.26. The summed E-state index contributed by atoms with van der Waals surface area (Å²) in [5, 5.41) is 11.4. The monoisotopic (exact) mass is 243 g/mol. The first-order valence-electron chi connectivity index (χ1n) is 4.98. The predicted molar refractivity (Wildman–Crippen MR) is 59.4 cm³/mol. The zero-order valence-electron chi connectivity index (χ0n) is 9.40. The third-order valence-corrected chi connectivity index (χ3v) is 1.90. The number of hydrogen-bond acceptors (Lipinski definition) is 4. The molecular formula is C11H14FNO4. The van der Waals surface area contributed by atoms with Gasteiger partial charge in [0.25, 0.3) is 0 Å². The molecule has 1 rings (SSSR count). The topological polar surface area (TPSA) is 67.8 Å². The molecule has 6 heteroatoms. The number of benzene rings is 1. The van der Waals surface area contributed by atoms with E-state index in [1.807, 2.05) is 0 Å². The zero-order valence-corrected chi connectivity index (χ0v) is 9.40. The maximum Gasteiger partial charge on any atom is 0.250 e. The quantitative estimate of drug-likeness (QED) is 0.580. The molecule has 0 saturated carbocycles. The summed E-state index contributed by atoms with van der Waals surface area (Å²) in [6, 6.07) is 3.59. The van der Waals surface area contributed by atoms with Crippen LogP contribution in [-0.4, -0.2) is 37.9 Å². The molecule has 1 amide bonds. The van der Waals surface area contributed by atoms with Crippen LogP contribution in [0.5, 0.6) is 5.75 Å². The summed E-state index contributed by atoms with van der Waals surface area (Å²) in [6.45, 7) is 0.584. The number of anilines is 1. The van der Waals surface area contributed by atoms with Crippen LogP contribution in [0.1, 0.15) is 0 Å². The lowest BCUT2D eigenvalue weighted by molar-refractivity contribution is -0.121. The van der Waals surface area contributed by atoms with Gasteiger partial charge in [-0.15, -0.1) is 0 Å². The van der Waals surface area contributed by atoms with Crippen molar-refractivity contribution in [1.82, 2.24) is 0 Å². The van der Waals surface area contributed by atoms with Crippen molar-refractivity contribution in [3.63, 3.8) is 0 Å². The van der Waals surface area contributed by atoms with E-state index in [9.17, 15) is 9.18 Å². The number of aromatic hydroxyl groups is 1. The maximum atomic E-state index is 12.9. The Bertz CT molecular complexity index is 384. The number of carbonyl (C=O) groups excluding carboxylic acids is 1. The fraction of sp³-hybridized carbons (Fsp3) is 0.364. The van der Waals surface area contributed by atoms with E-state index in [1.165, 1.54) is 13.2 Å². The van der Waals surface area contributed by atoms with Gasteiger partial charge in [-0.05, 0) is 12.1 Å². The smallest absolute Gasteiger partial charge is 0.250 e. The van der Waals surface area contributed by atoms with Crippen LogP contribution < -0.4 is 5.32 Å². The van der Waals surface area contributed by atoms with E-state index in [-0.39, 0.29) is 12.3 Å². The largest absolute Gasteiger partial charge is 0.505 e. The lowest BCUT2D eigenvalue weighted by Gasteiger charge is -2.06. The Morgan fingerprint density at radius 3 is 2.88 bits per heavy atom. The number of methoxy groups -OCH3 is 1. The zero-order chi connectivity index (χ0) is 12.7. The molecule has 0 aliphatic heterocycles. The van der Waals surface area contributed by atoms with Crippen molar-refractivity contribution in [3.8, 4) is 5.75 Å². The van der Waals surface area contributed by atoms with Crippen LogP contribution in [0.4, 0.5) is 10.1 Å². The summed E-state index contributed by atoms with van der Waals surface area (Å²) < 4.78 is 22.7. The van der Waals surface area contributed by atoms with E-state index in [0.29, 0.717) is 13.2 Å². The Labute approximate surface area is 98.2 Å². The van der Waals surface area contributed by atoms with Gasteiger partial charge < -0.3 is 19.9 Å². The van der Waals surface area contributed by atoms with Crippen LogP contribution in [0, 0.1) is 5.82 Å². The van der Waals surface area contributed by atoms with Crippen molar-refractivity contribution in [2.24, 2.45) is 0 Å². The average Bonchev–Trinajstić information content (AvgIpc) is 2.30. The van der Waals surface area contributed by atoms with E-state index in [4.69, 9.17) is 14.6 Å². The van der Waals surface area contributed by atoms with Crippen molar-refractivity contribution in [2.75, 3.05) is 32.2 Å². The van der Waals surface area contributed by atoms with E-state index in [0.717, 1.165) is 12.1 Å². The van der Waals surface area contributed by atoms with E-state index in [2.05, 4.69) is 5.32 Å². The van der Waals surface area contributed by atoms with E-state index < -0.39 is 17.5 Å². The molecule has 1 aromatic rings. The molecule has 0 radical (unpaired) electrons. The number of hydrogen-bond donors (Lipinski definition) is 2. The van der Waals surface area contributed by atoms with Crippen LogP contribution in [0.3, 0.4) is 0 Å². The van der Waals surface area contributed by atoms with Crippen molar-refractivity contribution < 1.29 is 23.8 Å². The molecule has 0 fully saturated rings. The van der Waals surface area contributed by atoms with Crippen LogP contribution >= 0.6 is 0 Å². The lowest BCUT2D eigenvalue weighted by Crippen LogP contribution is -2.19. The van der Waals surface area contributed by atoms with Crippen LogP contribution in [0.15, 0.2) is 18.2 Å². The minimum absolute atomic E-state index is 0.133. The Morgan fingerprint density at radius 1 is 1.47 bits per heavy atom. The van der Waals surface area contributed by atoms with E-state index >= 15 is 0 Å².